The molecule has 7 nitrogen and oxygen atoms in total. The van der Waals surface area contributed by atoms with Crippen LogP contribution in [0.2, 0.25) is 5.02 Å². The fourth-order valence-corrected chi connectivity index (χ4v) is 3.21. The lowest BCUT2D eigenvalue weighted by Gasteiger charge is -2.17. The summed E-state index contributed by atoms with van der Waals surface area (Å²) in [6, 6.07) is 12.7. The van der Waals surface area contributed by atoms with E-state index in [2.05, 4.69) is 0 Å². The molecule has 8 heteroatoms. The van der Waals surface area contributed by atoms with Crippen LogP contribution in [0.25, 0.3) is 0 Å². The Kier molecular flexibility index (Phi) is 6.84. The monoisotopic (exact) mass is 429 g/mol. The molecule has 0 N–H and O–H groups in total. The van der Waals surface area contributed by atoms with Gasteiger partial charge in [-0.2, -0.15) is 0 Å². The molecule has 1 unspecified atom stereocenters. The smallest absolute Gasteiger partial charge is 0.338 e. The van der Waals surface area contributed by atoms with Gasteiger partial charge < -0.3 is 14.4 Å². The van der Waals surface area contributed by atoms with Gasteiger partial charge in [-0.05, 0) is 55.5 Å². The van der Waals surface area contributed by atoms with Gasteiger partial charge in [0.2, 0.25) is 5.91 Å². The van der Waals surface area contributed by atoms with Crippen LogP contribution in [0.15, 0.2) is 48.5 Å². The minimum atomic E-state index is -0.666. The summed E-state index contributed by atoms with van der Waals surface area (Å²) >= 11 is 5.79. The Balaban J connectivity index is 1.57. The van der Waals surface area contributed by atoms with E-state index in [-0.39, 0.29) is 31.3 Å². The third-order valence-electron chi connectivity index (χ3n) is 4.66. The third kappa shape index (κ3) is 5.04. The molecule has 0 aliphatic carbocycles. The van der Waals surface area contributed by atoms with Crippen molar-refractivity contribution in [3.63, 3.8) is 0 Å². The number of Topliss-reactive ketones (excluding diaryl/α,β-unsaturated/α-hetero) is 1. The van der Waals surface area contributed by atoms with E-state index >= 15 is 0 Å². The number of benzene rings is 2. The number of anilines is 1. The van der Waals surface area contributed by atoms with Gasteiger partial charge in [0.1, 0.15) is 0 Å². The lowest BCUT2D eigenvalue weighted by atomic mass is 10.1. The van der Waals surface area contributed by atoms with E-state index in [4.69, 9.17) is 21.1 Å². The fraction of sp³-hybridized carbons (Fsp3) is 0.273. The van der Waals surface area contributed by atoms with Crippen molar-refractivity contribution in [2.75, 3.05) is 24.7 Å². The highest BCUT2D eigenvalue weighted by molar-refractivity contribution is 6.30. The molecule has 1 heterocycles. The highest BCUT2D eigenvalue weighted by Crippen LogP contribution is 2.26. The Morgan fingerprint density at radius 2 is 1.63 bits per heavy atom. The summed E-state index contributed by atoms with van der Waals surface area (Å²) in [4.78, 5) is 50.0. The molecule has 2 aromatic rings. The first kappa shape index (κ1) is 21.5. The first-order valence-corrected chi connectivity index (χ1v) is 9.79. The van der Waals surface area contributed by atoms with Gasteiger partial charge in [0.15, 0.2) is 12.4 Å². The summed E-state index contributed by atoms with van der Waals surface area (Å²) in [5, 5.41) is 0.503. The van der Waals surface area contributed by atoms with E-state index < -0.39 is 24.5 Å². The van der Waals surface area contributed by atoms with Gasteiger partial charge in [-0.25, -0.2) is 4.79 Å². The SMILES string of the molecule is CCOC(=O)c1ccc(N2CC(C(=O)OCC(=O)c3ccc(Cl)cc3)CC2=O)cc1. The number of amides is 1. The maximum atomic E-state index is 12.3. The predicted molar refractivity (Wildman–Crippen MR) is 110 cm³/mol. The first-order valence-electron chi connectivity index (χ1n) is 9.42. The fourth-order valence-electron chi connectivity index (χ4n) is 3.08. The summed E-state index contributed by atoms with van der Waals surface area (Å²) in [5.41, 5.74) is 1.34. The van der Waals surface area contributed by atoms with E-state index in [1.165, 1.54) is 4.90 Å². The second-order valence-corrected chi connectivity index (χ2v) is 7.15. The first-order chi connectivity index (χ1) is 14.4. The summed E-state index contributed by atoms with van der Waals surface area (Å²) in [6.07, 6.45) is -0.00635. The Morgan fingerprint density at radius 3 is 2.27 bits per heavy atom. The zero-order chi connectivity index (χ0) is 21.7. The van der Waals surface area contributed by atoms with Gasteiger partial charge in [0.25, 0.3) is 0 Å². The van der Waals surface area contributed by atoms with Crippen molar-refractivity contribution in [2.24, 2.45) is 5.92 Å². The Bertz CT molecular complexity index is 955. The molecule has 0 aromatic heterocycles. The quantitative estimate of drug-likeness (QED) is 0.495. The van der Waals surface area contributed by atoms with Gasteiger partial charge in [0, 0.05) is 29.2 Å². The topological polar surface area (TPSA) is 90.0 Å². The lowest BCUT2D eigenvalue weighted by molar-refractivity contribution is -0.147. The van der Waals surface area contributed by atoms with Gasteiger partial charge >= 0.3 is 11.9 Å². The molecule has 0 radical (unpaired) electrons. The van der Waals surface area contributed by atoms with Crippen LogP contribution in [0.5, 0.6) is 0 Å². The Hall–Kier alpha value is -3.19. The maximum absolute atomic E-state index is 12.3. The second kappa shape index (κ2) is 9.54. The second-order valence-electron chi connectivity index (χ2n) is 6.71. The molecule has 0 saturated carbocycles. The maximum Gasteiger partial charge on any atom is 0.338 e. The summed E-state index contributed by atoms with van der Waals surface area (Å²) in [5.74, 6) is -2.29. The number of rotatable bonds is 7. The molecular formula is C22H20ClNO6. The van der Waals surface area contributed by atoms with Crippen LogP contribution < -0.4 is 4.90 Å². The highest BCUT2D eigenvalue weighted by Gasteiger charge is 2.36. The number of hydrogen-bond donors (Lipinski definition) is 0. The van der Waals surface area contributed by atoms with Crippen LogP contribution >= 0.6 is 11.6 Å². The average Bonchev–Trinajstić information content (AvgIpc) is 3.14. The third-order valence-corrected chi connectivity index (χ3v) is 4.91. The van der Waals surface area contributed by atoms with E-state index in [1.807, 2.05) is 0 Å². The van der Waals surface area contributed by atoms with Crippen LogP contribution in [-0.2, 0) is 19.1 Å². The highest BCUT2D eigenvalue weighted by atomic mass is 35.5. The summed E-state index contributed by atoms with van der Waals surface area (Å²) in [6.45, 7) is 1.73. The number of halogens is 1. The van der Waals surface area contributed by atoms with Crippen molar-refractivity contribution in [3.8, 4) is 0 Å². The largest absolute Gasteiger partial charge is 0.462 e. The number of nitrogens with zero attached hydrogens (tertiary/aromatic N) is 1. The van der Waals surface area contributed by atoms with Gasteiger partial charge in [-0.1, -0.05) is 11.6 Å². The molecule has 1 fully saturated rings. The van der Waals surface area contributed by atoms with Crippen LogP contribution in [0.4, 0.5) is 5.69 Å². The Labute approximate surface area is 178 Å². The zero-order valence-corrected chi connectivity index (χ0v) is 17.1. The van der Waals surface area contributed by atoms with Gasteiger partial charge in [0.05, 0.1) is 18.1 Å². The van der Waals surface area contributed by atoms with E-state index in [9.17, 15) is 19.2 Å². The molecule has 30 heavy (non-hydrogen) atoms. The number of ether oxygens (including phenoxy) is 2. The number of carbonyl (C=O) groups is 4. The predicted octanol–water partition coefficient (Wildman–Crippen LogP) is 3.30. The number of hydrogen-bond acceptors (Lipinski definition) is 6. The van der Waals surface area contributed by atoms with Crippen LogP contribution in [0.1, 0.15) is 34.1 Å². The van der Waals surface area contributed by atoms with Crippen LogP contribution in [0.3, 0.4) is 0 Å². The van der Waals surface area contributed by atoms with Crippen LogP contribution in [0, 0.1) is 5.92 Å². The van der Waals surface area contributed by atoms with Crippen molar-refractivity contribution >= 4 is 40.9 Å². The number of carbonyl (C=O) groups excluding carboxylic acids is 4. The number of ketones is 1. The Morgan fingerprint density at radius 1 is 1.00 bits per heavy atom. The van der Waals surface area contributed by atoms with Crippen molar-refractivity contribution in [2.45, 2.75) is 13.3 Å². The van der Waals surface area contributed by atoms with E-state index in [1.54, 1.807) is 55.5 Å². The molecule has 1 atom stereocenters. The summed E-state index contributed by atoms with van der Waals surface area (Å²) in [7, 11) is 0. The normalized spacial score (nSPS) is 15.7. The van der Waals surface area contributed by atoms with Gasteiger partial charge in [-0.15, -0.1) is 0 Å². The molecule has 2 aromatic carbocycles. The van der Waals surface area contributed by atoms with Crippen LogP contribution in [-0.4, -0.2) is 43.4 Å². The van der Waals surface area contributed by atoms with Crippen molar-refractivity contribution in [3.05, 3.63) is 64.7 Å². The zero-order valence-electron chi connectivity index (χ0n) is 16.3. The van der Waals surface area contributed by atoms with Crippen molar-refractivity contribution < 1.29 is 28.7 Å². The minimum absolute atomic E-state index is 0.00635. The number of esters is 2. The average molecular weight is 430 g/mol. The van der Waals surface area contributed by atoms with Crippen molar-refractivity contribution in [1.29, 1.82) is 0 Å². The molecule has 1 amide bonds. The molecule has 1 aliphatic heterocycles. The molecule has 1 saturated heterocycles. The molecule has 156 valence electrons. The molecule has 0 bridgehead atoms. The molecule has 3 rings (SSSR count). The molecular weight excluding hydrogens is 410 g/mol. The standard InChI is InChI=1S/C22H20ClNO6/c1-2-29-21(27)15-5-9-18(10-6-15)24-12-16(11-20(24)26)22(28)30-13-19(25)14-3-7-17(23)8-4-14/h3-10,16H,2,11-13H2,1H3. The lowest BCUT2D eigenvalue weighted by Crippen LogP contribution is -2.27. The minimum Gasteiger partial charge on any atom is -0.462 e. The van der Waals surface area contributed by atoms with E-state index in [0.717, 1.165) is 0 Å². The molecule has 1 aliphatic rings. The molecule has 0 spiro atoms. The van der Waals surface area contributed by atoms with Crippen molar-refractivity contribution in [1.82, 2.24) is 0 Å². The van der Waals surface area contributed by atoms with E-state index in [0.29, 0.717) is 21.8 Å². The summed E-state index contributed by atoms with van der Waals surface area (Å²) < 4.78 is 10.1. The van der Waals surface area contributed by atoms with Gasteiger partial charge in [-0.3, -0.25) is 14.4 Å².